The summed E-state index contributed by atoms with van der Waals surface area (Å²) >= 11 is 0. The van der Waals surface area contributed by atoms with Gasteiger partial charge in [-0.25, -0.2) is 17.6 Å². The summed E-state index contributed by atoms with van der Waals surface area (Å²) in [6, 6.07) is 5.89. The zero-order valence-electron chi connectivity index (χ0n) is 13.9. The molecule has 0 aliphatic carbocycles. The van der Waals surface area contributed by atoms with Crippen molar-refractivity contribution in [2.45, 2.75) is 13.0 Å². The third-order valence-corrected chi connectivity index (χ3v) is 3.63. The molecule has 0 heterocycles. The van der Waals surface area contributed by atoms with Crippen molar-refractivity contribution in [3.05, 3.63) is 70.8 Å². The van der Waals surface area contributed by atoms with Crippen LogP contribution in [0, 0.1) is 23.3 Å². The van der Waals surface area contributed by atoms with Gasteiger partial charge in [-0.2, -0.15) is 0 Å². The van der Waals surface area contributed by atoms with Crippen molar-refractivity contribution >= 4 is 11.8 Å². The molecule has 0 radical (unpaired) electrons. The van der Waals surface area contributed by atoms with Crippen LogP contribution in [0.2, 0.25) is 0 Å². The van der Waals surface area contributed by atoms with Gasteiger partial charge in [0, 0.05) is 32.6 Å². The van der Waals surface area contributed by atoms with E-state index in [-0.39, 0.29) is 31.0 Å². The van der Waals surface area contributed by atoms with Crippen molar-refractivity contribution in [3.8, 4) is 0 Å². The van der Waals surface area contributed by atoms with Gasteiger partial charge in [0.05, 0.1) is 5.56 Å². The smallest absolute Gasteiger partial charge is 0.254 e. The van der Waals surface area contributed by atoms with Crippen molar-refractivity contribution in [2.75, 3.05) is 13.6 Å². The van der Waals surface area contributed by atoms with E-state index in [0.717, 1.165) is 24.3 Å². The van der Waals surface area contributed by atoms with Gasteiger partial charge in [0.25, 0.3) is 5.91 Å². The minimum atomic E-state index is -1.00. The number of rotatable bonds is 6. The Bertz CT molecular complexity index is 827. The van der Waals surface area contributed by atoms with Crippen LogP contribution in [0.5, 0.6) is 0 Å². The molecule has 0 aliphatic heterocycles. The number of carbonyl (C=O) groups is 2. The predicted octanol–water partition coefficient (Wildman–Crippen LogP) is 3.02. The van der Waals surface area contributed by atoms with Gasteiger partial charge < -0.3 is 10.2 Å². The minimum Gasteiger partial charge on any atom is -0.351 e. The van der Waals surface area contributed by atoms with Crippen LogP contribution in [0.15, 0.2) is 36.4 Å². The summed E-state index contributed by atoms with van der Waals surface area (Å²) in [6.07, 6.45) is -0.0747. The first-order valence-electron chi connectivity index (χ1n) is 7.69. The van der Waals surface area contributed by atoms with E-state index in [1.165, 1.54) is 18.0 Å². The van der Waals surface area contributed by atoms with Crippen LogP contribution in [0.3, 0.4) is 0 Å². The summed E-state index contributed by atoms with van der Waals surface area (Å²) in [7, 11) is 1.48. The molecule has 0 atom stereocenters. The maximum Gasteiger partial charge on any atom is 0.254 e. The van der Waals surface area contributed by atoms with Crippen LogP contribution in [0.4, 0.5) is 17.6 Å². The quantitative estimate of drug-likeness (QED) is 0.797. The van der Waals surface area contributed by atoms with Gasteiger partial charge >= 0.3 is 0 Å². The van der Waals surface area contributed by atoms with E-state index in [0.29, 0.717) is 11.6 Å². The SMILES string of the molecule is CN(Cc1ccc(F)c(F)c1)C(=O)CCNC(=O)c1ccc(F)cc1F. The molecule has 2 amide bonds. The van der Waals surface area contributed by atoms with Gasteiger partial charge in [-0.3, -0.25) is 9.59 Å². The van der Waals surface area contributed by atoms with Crippen molar-refractivity contribution in [1.29, 1.82) is 0 Å². The number of benzene rings is 2. The Morgan fingerprint density at radius 1 is 0.962 bits per heavy atom. The molecule has 8 heteroatoms. The highest BCUT2D eigenvalue weighted by molar-refractivity contribution is 5.94. The first kappa shape index (κ1) is 19.4. The monoisotopic (exact) mass is 368 g/mol. The lowest BCUT2D eigenvalue weighted by Crippen LogP contribution is -2.32. The van der Waals surface area contributed by atoms with Gasteiger partial charge in [0.1, 0.15) is 11.6 Å². The summed E-state index contributed by atoms with van der Waals surface area (Å²) in [5.74, 6) is -4.89. The summed E-state index contributed by atoms with van der Waals surface area (Å²) in [4.78, 5) is 25.1. The van der Waals surface area contributed by atoms with E-state index in [2.05, 4.69) is 5.32 Å². The van der Waals surface area contributed by atoms with Crippen molar-refractivity contribution < 1.29 is 27.2 Å². The molecule has 0 spiro atoms. The van der Waals surface area contributed by atoms with E-state index >= 15 is 0 Å². The number of carbonyl (C=O) groups excluding carboxylic acids is 2. The van der Waals surface area contributed by atoms with Crippen molar-refractivity contribution in [2.24, 2.45) is 0 Å². The number of nitrogens with zero attached hydrogens (tertiary/aromatic N) is 1. The summed E-state index contributed by atoms with van der Waals surface area (Å²) < 4.78 is 52.3. The normalized spacial score (nSPS) is 10.5. The highest BCUT2D eigenvalue weighted by Crippen LogP contribution is 2.11. The highest BCUT2D eigenvalue weighted by atomic mass is 19.2. The molecule has 2 rings (SSSR count). The highest BCUT2D eigenvalue weighted by Gasteiger charge is 2.14. The fourth-order valence-corrected chi connectivity index (χ4v) is 2.24. The molecule has 2 aromatic carbocycles. The van der Waals surface area contributed by atoms with Crippen LogP contribution in [0.1, 0.15) is 22.3 Å². The number of hydrogen-bond donors (Lipinski definition) is 1. The number of nitrogens with one attached hydrogen (secondary N) is 1. The molecule has 138 valence electrons. The van der Waals surface area contributed by atoms with Crippen molar-refractivity contribution in [3.63, 3.8) is 0 Å². The standard InChI is InChI=1S/C18H16F4N2O2/c1-24(10-11-2-5-14(20)16(22)8-11)17(25)6-7-23-18(26)13-4-3-12(19)9-15(13)21/h2-5,8-9H,6-7,10H2,1H3,(H,23,26). The largest absolute Gasteiger partial charge is 0.351 e. The molecule has 0 fully saturated rings. The minimum absolute atomic E-state index is 0.0589. The Labute approximate surface area is 147 Å². The van der Waals surface area contributed by atoms with E-state index in [1.54, 1.807) is 0 Å². The molecule has 0 aliphatic rings. The Morgan fingerprint density at radius 3 is 2.35 bits per heavy atom. The van der Waals surface area contributed by atoms with Crippen LogP contribution in [-0.4, -0.2) is 30.3 Å². The Balaban J connectivity index is 1.83. The summed E-state index contributed by atoms with van der Waals surface area (Å²) in [6.45, 7) is 0.00712. The van der Waals surface area contributed by atoms with E-state index in [4.69, 9.17) is 0 Å². The third-order valence-electron chi connectivity index (χ3n) is 3.63. The summed E-state index contributed by atoms with van der Waals surface area (Å²) in [5.41, 5.74) is 0.0890. The zero-order chi connectivity index (χ0) is 19.3. The molecule has 0 saturated carbocycles. The zero-order valence-corrected chi connectivity index (χ0v) is 13.9. The Hall–Kier alpha value is -2.90. The maximum atomic E-state index is 13.5. The second-order valence-electron chi connectivity index (χ2n) is 5.63. The average molecular weight is 368 g/mol. The van der Waals surface area contributed by atoms with E-state index in [9.17, 15) is 27.2 Å². The number of amides is 2. The van der Waals surface area contributed by atoms with Gasteiger partial charge in [-0.15, -0.1) is 0 Å². The molecular formula is C18H16F4N2O2. The first-order chi connectivity index (χ1) is 12.3. The van der Waals surface area contributed by atoms with Crippen LogP contribution in [-0.2, 0) is 11.3 Å². The second-order valence-corrected chi connectivity index (χ2v) is 5.63. The molecule has 0 bridgehead atoms. The van der Waals surface area contributed by atoms with Gasteiger partial charge in [0.2, 0.25) is 5.91 Å². The van der Waals surface area contributed by atoms with Crippen LogP contribution in [0.25, 0.3) is 0 Å². The summed E-state index contributed by atoms with van der Waals surface area (Å²) in [5, 5.41) is 2.37. The van der Waals surface area contributed by atoms with Crippen LogP contribution >= 0.6 is 0 Å². The maximum absolute atomic E-state index is 13.5. The van der Waals surface area contributed by atoms with Gasteiger partial charge in [-0.05, 0) is 29.8 Å². The fourth-order valence-electron chi connectivity index (χ4n) is 2.24. The molecule has 1 N–H and O–H groups in total. The number of halogens is 4. The molecular weight excluding hydrogens is 352 g/mol. The molecule has 4 nitrogen and oxygen atoms in total. The lowest BCUT2D eigenvalue weighted by Gasteiger charge is -2.17. The first-order valence-corrected chi connectivity index (χ1v) is 7.69. The Morgan fingerprint density at radius 2 is 1.69 bits per heavy atom. The lowest BCUT2D eigenvalue weighted by molar-refractivity contribution is -0.130. The van der Waals surface area contributed by atoms with Crippen molar-refractivity contribution in [1.82, 2.24) is 10.2 Å². The second kappa shape index (κ2) is 8.46. The molecule has 2 aromatic rings. The Kier molecular flexibility index (Phi) is 6.32. The lowest BCUT2D eigenvalue weighted by atomic mass is 10.2. The topological polar surface area (TPSA) is 49.4 Å². The third kappa shape index (κ3) is 5.05. The van der Waals surface area contributed by atoms with E-state index in [1.807, 2.05) is 0 Å². The van der Waals surface area contributed by atoms with Crippen LogP contribution < -0.4 is 5.32 Å². The molecule has 0 aromatic heterocycles. The van der Waals surface area contributed by atoms with Gasteiger partial charge in [0.15, 0.2) is 11.6 Å². The molecule has 26 heavy (non-hydrogen) atoms. The fraction of sp³-hybridized carbons (Fsp3) is 0.222. The molecule has 0 unspecified atom stereocenters. The molecule has 0 saturated heterocycles. The predicted molar refractivity (Wildman–Crippen MR) is 86.1 cm³/mol. The van der Waals surface area contributed by atoms with Gasteiger partial charge in [-0.1, -0.05) is 6.07 Å². The van der Waals surface area contributed by atoms with E-state index < -0.39 is 29.2 Å². The average Bonchev–Trinajstić information content (AvgIpc) is 2.57. The number of hydrogen-bond acceptors (Lipinski definition) is 2.